The summed E-state index contributed by atoms with van der Waals surface area (Å²) in [5.74, 6) is -0.565. The molecular weight excluding hydrogens is 336 g/mol. The summed E-state index contributed by atoms with van der Waals surface area (Å²) in [5, 5.41) is 5.26. The lowest BCUT2D eigenvalue weighted by molar-refractivity contribution is -0.133. The van der Waals surface area contributed by atoms with Crippen LogP contribution in [-0.2, 0) is 15.1 Å². The third kappa shape index (κ3) is 3.21. The Balaban J connectivity index is 1.70. The van der Waals surface area contributed by atoms with Gasteiger partial charge in [-0.3, -0.25) is 14.5 Å². The average Bonchev–Trinajstić information content (AvgIpc) is 2.87. The number of anilines is 1. The Morgan fingerprint density at radius 2 is 1.96 bits per heavy atom. The van der Waals surface area contributed by atoms with Gasteiger partial charge >= 0.3 is 6.03 Å². The van der Waals surface area contributed by atoms with E-state index < -0.39 is 23.4 Å². The van der Waals surface area contributed by atoms with Crippen molar-refractivity contribution in [1.82, 2.24) is 15.2 Å². The summed E-state index contributed by atoms with van der Waals surface area (Å²) in [5.41, 5.74) is -0.102. The standard InChI is InChI=1S/C18H18N4O4/c1-18(12-6-4-3-5-7-12)16(24)22(17(25)21-18)11-14(23)20-13-8-9-15(26-2)19-10-13/h3-10H,11H2,1-2H3,(H,20,23)(H,21,25)/t18-/m1/s1. The van der Waals surface area contributed by atoms with Gasteiger partial charge in [0.25, 0.3) is 5.91 Å². The second kappa shape index (κ2) is 6.83. The van der Waals surface area contributed by atoms with Crippen LogP contribution < -0.4 is 15.4 Å². The highest BCUT2D eigenvalue weighted by Crippen LogP contribution is 2.28. The van der Waals surface area contributed by atoms with Crippen LogP contribution in [0.1, 0.15) is 12.5 Å². The number of hydrogen-bond acceptors (Lipinski definition) is 5. The Labute approximate surface area is 150 Å². The van der Waals surface area contributed by atoms with E-state index in [-0.39, 0.29) is 6.54 Å². The molecule has 2 aromatic rings. The Hall–Kier alpha value is -3.42. The molecule has 8 nitrogen and oxygen atoms in total. The van der Waals surface area contributed by atoms with Crippen molar-refractivity contribution >= 4 is 23.5 Å². The molecule has 1 aliphatic rings. The van der Waals surface area contributed by atoms with Crippen LogP contribution in [0.25, 0.3) is 0 Å². The van der Waals surface area contributed by atoms with E-state index in [1.54, 1.807) is 43.3 Å². The van der Waals surface area contributed by atoms with Crippen LogP contribution in [0.4, 0.5) is 10.5 Å². The predicted molar refractivity (Wildman–Crippen MR) is 93.5 cm³/mol. The SMILES string of the molecule is COc1ccc(NC(=O)CN2C(=O)N[C@](C)(c3ccccc3)C2=O)cn1. The Morgan fingerprint density at radius 3 is 2.58 bits per heavy atom. The maximum Gasteiger partial charge on any atom is 0.325 e. The van der Waals surface area contributed by atoms with Crippen molar-refractivity contribution in [2.45, 2.75) is 12.5 Å². The number of benzene rings is 1. The van der Waals surface area contributed by atoms with E-state index in [1.807, 2.05) is 6.07 Å². The van der Waals surface area contributed by atoms with Gasteiger partial charge in [0.15, 0.2) is 0 Å². The van der Waals surface area contributed by atoms with Crippen molar-refractivity contribution in [3.8, 4) is 5.88 Å². The van der Waals surface area contributed by atoms with Crippen LogP contribution in [0.5, 0.6) is 5.88 Å². The van der Waals surface area contributed by atoms with Crippen LogP contribution in [0.3, 0.4) is 0 Å². The number of methoxy groups -OCH3 is 1. The molecule has 1 aliphatic heterocycles. The van der Waals surface area contributed by atoms with E-state index in [2.05, 4.69) is 15.6 Å². The first-order valence-electron chi connectivity index (χ1n) is 7.93. The zero-order chi connectivity index (χ0) is 18.7. The zero-order valence-electron chi connectivity index (χ0n) is 14.4. The summed E-state index contributed by atoms with van der Waals surface area (Å²) < 4.78 is 4.95. The fourth-order valence-corrected chi connectivity index (χ4v) is 2.73. The average molecular weight is 354 g/mol. The van der Waals surface area contributed by atoms with Crippen molar-refractivity contribution in [3.05, 3.63) is 54.2 Å². The van der Waals surface area contributed by atoms with Gasteiger partial charge in [-0.2, -0.15) is 0 Å². The fourth-order valence-electron chi connectivity index (χ4n) is 2.73. The highest BCUT2D eigenvalue weighted by atomic mass is 16.5. The van der Waals surface area contributed by atoms with Gasteiger partial charge in [0, 0.05) is 6.07 Å². The Kier molecular flexibility index (Phi) is 4.57. The number of nitrogens with one attached hydrogen (secondary N) is 2. The molecule has 134 valence electrons. The van der Waals surface area contributed by atoms with Crippen molar-refractivity contribution in [2.75, 3.05) is 19.0 Å². The van der Waals surface area contributed by atoms with Crippen LogP contribution in [0.15, 0.2) is 48.7 Å². The first kappa shape index (κ1) is 17.4. The Bertz CT molecular complexity index is 838. The molecule has 0 unspecified atom stereocenters. The third-order valence-electron chi connectivity index (χ3n) is 4.16. The monoisotopic (exact) mass is 354 g/mol. The van der Waals surface area contributed by atoms with Crippen molar-refractivity contribution in [2.24, 2.45) is 0 Å². The number of urea groups is 1. The third-order valence-corrected chi connectivity index (χ3v) is 4.16. The smallest absolute Gasteiger partial charge is 0.325 e. The normalized spacial score (nSPS) is 19.2. The van der Waals surface area contributed by atoms with Gasteiger partial charge in [0.2, 0.25) is 11.8 Å². The second-order valence-corrected chi connectivity index (χ2v) is 5.95. The number of pyridine rings is 1. The molecule has 2 N–H and O–H groups in total. The van der Waals surface area contributed by atoms with Gasteiger partial charge < -0.3 is 15.4 Å². The summed E-state index contributed by atoms with van der Waals surface area (Å²) in [6.07, 6.45) is 1.43. The number of aromatic nitrogens is 1. The maximum absolute atomic E-state index is 12.7. The summed E-state index contributed by atoms with van der Waals surface area (Å²) in [7, 11) is 1.49. The van der Waals surface area contributed by atoms with E-state index >= 15 is 0 Å². The molecule has 0 saturated carbocycles. The molecular formula is C18H18N4O4. The van der Waals surface area contributed by atoms with Crippen LogP contribution in [0.2, 0.25) is 0 Å². The largest absolute Gasteiger partial charge is 0.481 e. The quantitative estimate of drug-likeness (QED) is 0.793. The molecule has 8 heteroatoms. The summed E-state index contributed by atoms with van der Waals surface area (Å²) >= 11 is 0. The van der Waals surface area contributed by atoms with Gasteiger partial charge in [-0.25, -0.2) is 9.78 Å². The highest BCUT2D eigenvalue weighted by molar-refractivity contribution is 6.10. The molecule has 1 atom stereocenters. The van der Waals surface area contributed by atoms with Gasteiger partial charge in [0.1, 0.15) is 12.1 Å². The van der Waals surface area contributed by atoms with Crippen LogP contribution >= 0.6 is 0 Å². The maximum atomic E-state index is 12.7. The minimum absolute atomic E-state index is 0.390. The lowest BCUT2D eigenvalue weighted by Crippen LogP contribution is -2.42. The van der Waals surface area contributed by atoms with Crippen molar-refractivity contribution in [3.63, 3.8) is 0 Å². The minimum atomic E-state index is -1.19. The van der Waals surface area contributed by atoms with Gasteiger partial charge in [-0.05, 0) is 18.6 Å². The summed E-state index contributed by atoms with van der Waals surface area (Å²) in [6, 6.07) is 11.5. The van der Waals surface area contributed by atoms with Gasteiger partial charge in [-0.1, -0.05) is 30.3 Å². The molecule has 0 spiro atoms. The van der Waals surface area contributed by atoms with E-state index in [1.165, 1.54) is 13.3 Å². The molecule has 4 amide bonds. The molecule has 26 heavy (non-hydrogen) atoms. The van der Waals surface area contributed by atoms with Crippen molar-refractivity contribution < 1.29 is 19.1 Å². The van der Waals surface area contributed by atoms with Crippen molar-refractivity contribution in [1.29, 1.82) is 0 Å². The Morgan fingerprint density at radius 1 is 1.23 bits per heavy atom. The summed E-state index contributed by atoms with van der Waals surface area (Å²) in [4.78, 5) is 42.1. The number of carbonyl (C=O) groups excluding carboxylic acids is 3. The van der Waals surface area contributed by atoms with Crippen LogP contribution in [-0.4, -0.2) is 41.4 Å². The molecule has 1 aromatic heterocycles. The number of hydrogen-bond donors (Lipinski definition) is 2. The predicted octanol–water partition coefficient (Wildman–Crippen LogP) is 1.50. The molecule has 3 rings (SSSR count). The first-order valence-corrected chi connectivity index (χ1v) is 7.93. The minimum Gasteiger partial charge on any atom is -0.481 e. The number of rotatable bonds is 5. The molecule has 0 aliphatic carbocycles. The van der Waals surface area contributed by atoms with E-state index in [9.17, 15) is 14.4 Å². The summed E-state index contributed by atoms with van der Waals surface area (Å²) in [6.45, 7) is 1.23. The molecule has 0 bridgehead atoms. The fraction of sp³-hybridized carbons (Fsp3) is 0.222. The number of ether oxygens (including phenoxy) is 1. The molecule has 2 heterocycles. The second-order valence-electron chi connectivity index (χ2n) is 5.95. The molecule has 0 radical (unpaired) electrons. The lowest BCUT2D eigenvalue weighted by atomic mass is 9.92. The number of carbonyl (C=O) groups is 3. The molecule has 1 aromatic carbocycles. The van der Waals surface area contributed by atoms with Gasteiger partial charge in [0.05, 0.1) is 19.0 Å². The molecule has 1 fully saturated rings. The lowest BCUT2D eigenvalue weighted by Gasteiger charge is -2.22. The topological polar surface area (TPSA) is 101 Å². The number of imide groups is 1. The highest BCUT2D eigenvalue weighted by Gasteiger charge is 2.49. The molecule has 1 saturated heterocycles. The zero-order valence-corrected chi connectivity index (χ0v) is 14.4. The van der Waals surface area contributed by atoms with E-state index in [4.69, 9.17) is 4.74 Å². The van der Waals surface area contributed by atoms with Gasteiger partial charge in [-0.15, -0.1) is 0 Å². The first-order chi connectivity index (χ1) is 12.4. The van der Waals surface area contributed by atoms with Crippen LogP contribution in [0, 0.1) is 0 Å². The number of nitrogens with zero attached hydrogens (tertiary/aromatic N) is 2. The van der Waals surface area contributed by atoms with E-state index in [0.29, 0.717) is 17.1 Å². The van der Waals surface area contributed by atoms with E-state index in [0.717, 1.165) is 4.90 Å². The number of amides is 4.